The monoisotopic (exact) mass is 298 g/mol. The molecule has 1 aromatic rings. The molecule has 0 spiro atoms. The number of benzene rings is 1. The Labute approximate surface area is 123 Å². The van der Waals surface area contributed by atoms with Gasteiger partial charge in [0.25, 0.3) is 0 Å². The van der Waals surface area contributed by atoms with Gasteiger partial charge in [0.2, 0.25) is 10.0 Å². The topological polar surface area (TPSA) is 58.2 Å². The molecule has 2 N–H and O–H groups in total. The Morgan fingerprint density at radius 1 is 1.15 bits per heavy atom. The van der Waals surface area contributed by atoms with E-state index in [1.807, 2.05) is 31.3 Å². The van der Waals surface area contributed by atoms with E-state index in [4.69, 9.17) is 0 Å². The second-order valence-corrected chi connectivity index (χ2v) is 7.49. The average molecular weight is 298 g/mol. The lowest BCUT2D eigenvalue weighted by molar-refractivity contribution is 0.414. The van der Waals surface area contributed by atoms with Gasteiger partial charge in [0.05, 0.1) is 5.75 Å². The van der Waals surface area contributed by atoms with E-state index >= 15 is 0 Å². The summed E-state index contributed by atoms with van der Waals surface area (Å²) in [6.07, 6.45) is 0. The van der Waals surface area contributed by atoms with Crippen LogP contribution in [0, 0.1) is 11.8 Å². The van der Waals surface area contributed by atoms with Crippen molar-refractivity contribution in [2.75, 3.05) is 13.6 Å². The van der Waals surface area contributed by atoms with Gasteiger partial charge in [-0.15, -0.1) is 0 Å². The molecule has 0 aliphatic rings. The van der Waals surface area contributed by atoms with Crippen molar-refractivity contribution < 1.29 is 8.42 Å². The normalized spacial score (nSPS) is 13.7. The first-order valence-electron chi connectivity index (χ1n) is 7.04. The first kappa shape index (κ1) is 17.1. The third kappa shape index (κ3) is 6.03. The molecule has 20 heavy (non-hydrogen) atoms. The maximum Gasteiger partial charge on any atom is 0.215 e. The van der Waals surface area contributed by atoms with Crippen LogP contribution in [-0.2, 0) is 22.3 Å². The van der Waals surface area contributed by atoms with Crippen molar-refractivity contribution in [2.24, 2.45) is 11.8 Å². The summed E-state index contributed by atoms with van der Waals surface area (Å²) in [4.78, 5) is 0. The highest BCUT2D eigenvalue weighted by Crippen LogP contribution is 2.11. The van der Waals surface area contributed by atoms with Crippen LogP contribution in [0.4, 0.5) is 0 Å². The quantitative estimate of drug-likeness (QED) is 0.773. The molecule has 0 heterocycles. The summed E-state index contributed by atoms with van der Waals surface area (Å²) in [5, 5.41) is 3.06. The zero-order valence-electron chi connectivity index (χ0n) is 12.8. The van der Waals surface area contributed by atoms with Crippen molar-refractivity contribution in [3.05, 3.63) is 35.4 Å². The van der Waals surface area contributed by atoms with Gasteiger partial charge in [-0.3, -0.25) is 0 Å². The highest BCUT2D eigenvalue weighted by atomic mass is 32.2. The molecule has 0 amide bonds. The van der Waals surface area contributed by atoms with Crippen LogP contribution in [-0.4, -0.2) is 22.0 Å². The second-order valence-electron chi connectivity index (χ2n) is 5.68. The van der Waals surface area contributed by atoms with Crippen molar-refractivity contribution in [3.63, 3.8) is 0 Å². The Morgan fingerprint density at radius 2 is 1.80 bits per heavy atom. The minimum atomic E-state index is -3.27. The molecule has 0 bridgehead atoms. The smallest absolute Gasteiger partial charge is 0.215 e. The first-order chi connectivity index (χ1) is 9.34. The molecule has 1 aromatic carbocycles. The van der Waals surface area contributed by atoms with Gasteiger partial charge < -0.3 is 5.32 Å². The standard InChI is InChI=1S/C15H26N2O2S/c1-12(2)13(3)9-17-20(18,19)11-15-7-5-6-14(8-15)10-16-4/h5-8,12-13,16-17H,9-11H2,1-4H3. The summed E-state index contributed by atoms with van der Waals surface area (Å²) in [7, 11) is -1.39. The van der Waals surface area contributed by atoms with Crippen LogP contribution < -0.4 is 10.0 Å². The van der Waals surface area contributed by atoms with Crippen LogP contribution in [0.5, 0.6) is 0 Å². The predicted octanol–water partition coefficient (Wildman–Crippen LogP) is 2.12. The van der Waals surface area contributed by atoms with Crippen LogP contribution in [0.2, 0.25) is 0 Å². The molecule has 0 saturated heterocycles. The lowest BCUT2D eigenvalue weighted by atomic mass is 9.99. The number of nitrogens with one attached hydrogen (secondary N) is 2. The Bertz CT molecular complexity index is 512. The molecule has 1 rings (SSSR count). The molecular formula is C15H26N2O2S. The second kappa shape index (κ2) is 7.76. The van der Waals surface area contributed by atoms with Crippen LogP contribution in [0.1, 0.15) is 31.9 Å². The number of hydrogen-bond donors (Lipinski definition) is 2. The fourth-order valence-corrected chi connectivity index (χ4v) is 3.04. The molecule has 0 radical (unpaired) electrons. The van der Waals surface area contributed by atoms with Crippen molar-refractivity contribution >= 4 is 10.0 Å². The van der Waals surface area contributed by atoms with Crippen LogP contribution in [0.3, 0.4) is 0 Å². The zero-order valence-corrected chi connectivity index (χ0v) is 13.6. The van der Waals surface area contributed by atoms with Gasteiger partial charge in [-0.2, -0.15) is 0 Å². The molecule has 4 nitrogen and oxygen atoms in total. The third-order valence-corrected chi connectivity index (χ3v) is 4.81. The van der Waals surface area contributed by atoms with E-state index in [0.717, 1.165) is 17.7 Å². The summed E-state index contributed by atoms with van der Waals surface area (Å²) >= 11 is 0. The summed E-state index contributed by atoms with van der Waals surface area (Å²) in [6, 6.07) is 7.67. The van der Waals surface area contributed by atoms with Crippen molar-refractivity contribution in [3.8, 4) is 0 Å². The van der Waals surface area contributed by atoms with Crippen LogP contribution in [0.25, 0.3) is 0 Å². The number of sulfonamides is 1. The van der Waals surface area contributed by atoms with E-state index in [9.17, 15) is 8.42 Å². The van der Waals surface area contributed by atoms with Crippen LogP contribution in [0.15, 0.2) is 24.3 Å². The van der Waals surface area contributed by atoms with Gasteiger partial charge in [-0.25, -0.2) is 13.1 Å². The Kier molecular flexibility index (Phi) is 6.65. The molecule has 0 aliphatic carbocycles. The SMILES string of the molecule is CNCc1cccc(CS(=O)(=O)NCC(C)C(C)C)c1. The third-order valence-electron chi connectivity index (χ3n) is 3.49. The minimum absolute atomic E-state index is 0.0371. The average Bonchev–Trinajstić information content (AvgIpc) is 2.36. The highest BCUT2D eigenvalue weighted by molar-refractivity contribution is 7.88. The summed E-state index contributed by atoms with van der Waals surface area (Å²) in [5.74, 6) is 0.840. The lowest BCUT2D eigenvalue weighted by Gasteiger charge is -2.16. The fourth-order valence-electron chi connectivity index (χ4n) is 1.80. The van der Waals surface area contributed by atoms with Gasteiger partial charge in [0, 0.05) is 13.1 Å². The Balaban J connectivity index is 2.64. The molecule has 0 fully saturated rings. The summed E-state index contributed by atoms with van der Waals surface area (Å²) in [6.45, 7) is 7.49. The lowest BCUT2D eigenvalue weighted by Crippen LogP contribution is -2.31. The van der Waals surface area contributed by atoms with Gasteiger partial charge in [0.1, 0.15) is 0 Å². The first-order valence-corrected chi connectivity index (χ1v) is 8.69. The minimum Gasteiger partial charge on any atom is -0.316 e. The predicted molar refractivity (Wildman–Crippen MR) is 83.8 cm³/mol. The van der Waals surface area contributed by atoms with E-state index in [2.05, 4.69) is 30.8 Å². The number of hydrogen-bond acceptors (Lipinski definition) is 3. The van der Waals surface area contributed by atoms with Crippen molar-refractivity contribution in [1.82, 2.24) is 10.0 Å². The van der Waals surface area contributed by atoms with Gasteiger partial charge >= 0.3 is 0 Å². The number of rotatable bonds is 8. The molecule has 1 unspecified atom stereocenters. The van der Waals surface area contributed by atoms with E-state index in [0.29, 0.717) is 18.4 Å². The van der Waals surface area contributed by atoms with Crippen LogP contribution >= 0.6 is 0 Å². The van der Waals surface area contributed by atoms with Gasteiger partial charge in [0.15, 0.2) is 0 Å². The van der Waals surface area contributed by atoms with E-state index < -0.39 is 10.0 Å². The Morgan fingerprint density at radius 3 is 2.40 bits per heavy atom. The van der Waals surface area contributed by atoms with Crippen molar-refractivity contribution in [1.29, 1.82) is 0 Å². The largest absolute Gasteiger partial charge is 0.316 e. The van der Waals surface area contributed by atoms with Gasteiger partial charge in [-0.05, 0) is 30.0 Å². The maximum atomic E-state index is 12.1. The molecular weight excluding hydrogens is 272 g/mol. The Hall–Kier alpha value is -0.910. The molecule has 0 aliphatic heterocycles. The maximum absolute atomic E-state index is 12.1. The van der Waals surface area contributed by atoms with Gasteiger partial charge in [-0.1, -0.05) is 45.0 Å². The molecule has 5 heteroatoms. The van der Waals surface area contributed by atoms with Crippen molar-refractivity contribution in [2.45, 2.75) is 33.1 Å². The molecule has 1 atom stereocenters. The van der Waals surface area contributed by atoms with E-state index in [1.54, 1.807) is 0 Å². The summed E-state index contributed by atoms with van der Waals surface area (Å²) < 4.78 is 26.8. The fraction of sp³-hybridized carbons (Fsp3) is 0.600. The van der Waals surface area contributed by atoms with E-state index in [1.165, 1.54) is 0 Å². The summed E-state index contributed by atoms with van der Waals surface area (Å²) in [5.41, 5.74) is 1.91. The molecule has 0 saturated carbocycles. The van der Waals surface area contributed by atoms with E-state index in [-0.39, 0.29) is 5.75 Å². The molecule has 0 aromatic heterocycles. The zero-order chi connectivity index (χ0) is 15.2. The highest BCUT2D eigenvalue weighted by Gasteiger charge is 2.14. The molecule has 114 valence electrons.